The number of nitrogens with one attached hydrogen (secondary N) is 1. The molecule has 0 spiro atoms. The summed E-state index contributed by atoms with van der Waals surface area (Å²) in [7, 11) is -3.15. The minimum atomic E-state index is -3.15. The maximum Gasteiger partial charge on any atom is 0.267 e. The van der Waals surface area contributed by atoms with E-state index < -0.39 is 21.8 Å². The molecule has 10 heteroatoms. The van der Waals surface area contributed by atoms with Crippen LogP contribution >= 0.6 is 0 Å². The van der Waals surface area contributed by atoms with E-state index >= 15 is 0 Å². The zero-order valence-corrected chi connectivity index (χ0v) is 16.7. The second-order valence-electron chi connectivity index (χ2n) is 7.16. The van der Waals surface area contributed by atoms with Gasteiger partial charge in [-0.25, -0.2) is 18.4 Å². The van der Waals surface area contributed by atoms with Crippen molar-refractivity contribution in [1.29, 1.82) is 0 Å². The molecule has 0 aliphatic carbocycles. The number of carbonyl (C=O) groups is 2. The van der Waals surface area contributed by atoms with Gasteiger partial charge in [-0.3, -0.25) is 9.59 Å². The largest absolute Gasteiger partial charge is 0.475 e. The fourth-order valence-corrected chi connectivity index (χ4v) is 4.85. The van der Waals surface area contributed by atoms with Crippen molar-refractivity contribution in [3.05, 3.63) is 23.9 Å². The Morgan fingerprint density at radius 1 is 1.39 bits per heavy atom. The summed E-state index contributed by atoms with van der Waals surface area (Å²) in [4.78, 5) is 28.9. The van der Waals surface area contributed by atoms with Crippen LogP contribution < -0.4 is 10.1 Å². The average molecular weight is 408 g/mol. The number of sulfone groups is 1. The quantitative estimate of drug-likeness (QED) is 0.738. The molecule has 1 aromatic heterocycles. The third-order valence-electron chi connectivity index (χ3n) is 4.51. The molecule has 2 amide bonds. The van der Waals surface area contributed by atoms with Crippen LogP contribution in [-0.4, -0.2) is 59.6 Å². The molecule has 28 heavy (non-hydrogen) atoms. The molecule has 0 saturated carbocycles. The van der Waals surface area contributed by atoms with E-state index in [0.29, 0.717) is 12.3 Å². The van der Waals surface area contributed by atoms with Crippen LogP contribution in [0.25, 0.3) is 0 Å². The Bertz CT molecular complexity index is 897. The van der Waals surface area contributed by atoms with Crippen molar-refractivity contribution in [2.24, 2.45) is 5.10 Å². The highest BCUT2D eigenvalue weighted by molar-refractivity contribution is 7.91. The summed E-state index contributed by atoms with van der Waals surface area (Å²) in [5.74, 6) is -0.256. The maximum atomic E-state index is 12.5. The first kappa shape index (κ1) is 20.2. The van der Waals surface area contributed by atoms with Crippen molar-refractivity contribution in [3.63, 3.8) is 0 Å². The minimum Gasteiger partial charge on any atom is -0.475 e. The van der Waals surface area contributed by atoms with Gasteiger partial charge in [0.2, 0.25) is 11.8 Å². The summed E-state index contributed by atoms with van der Waals surface area (Å²) in [5.41, 5.74) is 0.954. The van der Waals surface area contributed by atoms with Gasteiger partial charge in [0.1, 0.15) is 5.71 Å². The van der Waals surface area contributed by atoms with Gasteiger partial charge in [-0.1, -0.05) is 6.07 Å². The SMILES string of the molecule is CC(C)Oc1ncccc1CNC(=O)C1=NN(C2CCS(=O)(=O)C2)C(=O)CC1. The fourth-order valence-electron chi connectivity index (χ4n) is 3.15. The molecule has 2 aliphatic heterocycles. The topological polar surface area (TPSA) is 118 Å². The zero-order valence-electron chi connectivity index (χ0n) is 15.9. The highest BCUT2D eigenvalue weighted by Crippen LogP contribution is 2.22. The summed E-state index contributed by atoms with van der Waals surface area (Å²) in [5, 5.41) is 8.13. The summed E-state index contributed by atoms with van der Waals surface area (Å²) in [6.45, 7) is 3.99. The second kappa shape index (κ2) is 8.26. The molecule has 3 rings (SSSR count). The molecule has 0 radical (unpaired) electrons. The second-order valence-corrected chi connectivity index (χ2v) is 9.39. The van der Waals surface area contributed by atoms with Crippen LogP contribution in [0.1, 0.15) is 38.7 Å². The molecule has 1 N–H and O–H groups in total. The summed E-state index contributed by atoms with van der Waals surface area (Å²) in [6.07, 6.45) is 2.28. The lowest BCUT2D eigenvalue weighted by Gasteiger charge is -2.27. The third-order valence-corrected chi connectivity index (χ3v) is 6.26. The van der Waals surface area contributed by atoms with E-state index in [4.69, 9.17) is 4.74 Å². The van der Waals surface area contributed by atoms with Crippen LogP contribution in [0.4, 0.5) is 0 Å². The lowest BCUT2D eigenvalue weighted by molar-refractivity contribution is -0.133. The summed E-state index contributed by atoms with van der Waals surface area (Å²) in [6, 6.07) is 3.07. The predicted molar refractivity (Wildman–Crippen MR) is 102 cm³/mol. The van der Waals surface area contributed by atoms with Gasteiger partial charge in [0.15, 0.2) is 9.84 Å². The van der Waals surface area contributed by atoms with Crippen LogP contribution in [0.5, 0.6) is 5.88 Å². The number of ether oxygens (including phenoxy) is 1. The Hall–Kier alpha value is -2.49. The normalized spacial score (nSPS) is 21.5. The average Bonchev–Trinajstić information content (AvgIpc) is 3.00. The fraction of sp³-hybridized carbons (Fsp3) is 0.556. The number of amides is 2. The van der Waals surface area contributed by atoms with Gasteiger partial charge in [0.05, 0.1) is 23.7 Å². The molecule has 1 fully saturated rings. The van der Waals surface area contributed by atoms with E-state index in [0.717, 1.165) is 5.56 Å². The number of pyridine rings is 1. The lowest BCUT2D eigenvalue weighted by Crippen LogP contribution is -2.43. The predicted octanol–water partition coefficient (Wildman–Crippen LogP) is 0.651. The highest BCUT2D eigenvalue weighted by Gasteiger charge is 2.37. The first-order valence-electron chi connectivity index (χ1n) is 9.24. The van der Waals surface area contributed by atoms with Gasteiger partial charge < -0.3 is 10.1 Å². The minimum absolute atomic E-state index is 0.0398. The highest BCUT2D eigenvalue weighted by atomic mass is 32.2. The van der Waals surface area contributed by atoms with Crippen molar-refractivity contribution >= 4 is 27.4 Å². The van der Waals surface area contributed by atoms with Gasteiger partial charge in [-0.15, -0.1) is 0 Å². The number of carbonyl (C=O) groups excluding carboxylic acids is 2. The van der Waals surface area contributed by atoms with Gasteiger partial charge >= 0.3 is 0 Å². The Morgan fingerprint density at radius 3 is 2.86 bits per heavy atom. The lowest BCUT2D eigenvalue weighted by atomic mass is 10.1. The van der Waals surface area contributed by atoms with Crippen molar-refractivity contribution in [2.45, 2.75) is 51.8 Å². The molecule has 0 aromatic carbocycles. The van der Waals surface area contributed by atoms with Crippen molar-refractivity contribution in [2.75, 3.05) is 11.5 Å². The first-order valence-corrected chi connectivity index (χ1v) is 11.1. The van der Waals surface area contributed by atoms with E-state index in [2.05, 4.69) is 15.4 Å². The molecule has 1 saturated heterocycles. The molecule has 1 atom stereocenters. The van der Waals surface area contributed by atoms with Gasteiger partial charge in [-0.2, -0.15) is 5.10 Å². The van der Waals surface area contributed by atoms with Crippen LogP contribution in [0.15, 0.2) is 23.4 Å². The maximum absolute atomic E-state index is 12.5. The number of rotatable bonds is 6. The summed E-state index contributed by atoms with van der Waals surface area (Å²) < 4.78 is 29.0. The molecular weight excluding hydrogens is 384 g/mol. The van der Waals surface area contributed by atoms with Crippen molar-refractivity contribution < 1.29 is 22.7 Å². The van der Waals surface area contributed by atoms with Crippen LogP contribution in [0, 0.1) is 0 Å². The Labute approximate surface area is 164 Å². The molecule has 9 nitrogen and oxygen atoms in total. The number of hydrazone groups is 1. The smallest absolute Gasteiger partial charge is 0.267 e. The van der Waals surface area contributed by atoms with E-state index in [9.17, 15) is 18.0 Å². The molecule has 2 aliphatic rings. The van der Waals surface area contributed by atoms with E-state index in [1.54, 1.807) is 12.3 Å². The Balaban J connectivity index is 1.67. The molecule has 3 heterocycles. The molecule has 0 bridgehead atoms. The zero-order chi connectivity index (χ0) is 20.3. The number of aromatic nitrogens is 1. The van der Waals surface area contributed by atoms with Crippen LogP contribution in [-0.2, 0) is 26.0 Å². The monoisotopic (exact) mass is 408 g/mol. The number of hydrogen-bond acceptors (Lipinski definition) is 7. The molecule has 1 unspecified atom stereocenters. The van der Waals surface area contributed by atoms with Gasteiger partial charge in [0, 0.05) is 31.1 Å². The molecular formula is C18H24N4O5S. The first-order chi connectivity index (χ1) is 13.2. The third kappa shape index (κ3) is 4.86. The Kier molecular flexibility index (Phi) is 5.97. The van der Waals surface area contributed by atoms with E-state index in [1.165, 1.54) is 5.01 Å². The number of hydrogen-bond donors (Lipinski definition) is 1. The molecule has 1 aromatic rings. The van der Waals surface area contributed by atoms with E-state index in [-0.39, 0.29) is 48.6 Å². The van der Waals surface area contributed by atoms with Crippen molar-refractivity contribution in [1.82, 2.24) is 15.3 Å². The van der Waals surface area contributed by atoms with Crippen molar-refractivity contribution in [3.8, 4) is 5.88 Å². The Morgan fingerprint density at radius 2 is 2.18 bits per heavy atom. The standard InChI is InChI=1S/C18H24N4O5S/c1-12(2)27-18-13(4-3-8-19-18)10-20-17(24)15-5-6-16(23)22(21-15)14-7-9-28(25,26)11-14/h3-4,8,12,14H,5-7,9-11H2,1-2H3,(H,20,24). The van der Waals surface area contributed by atoms with Crippen LogP contribution in [0.3, 0.4) is 0 Å². The van der Waals surface area contributed by atoms with Gasteiger partial charge in [-0.05, 0) is 26.3 Å². The van der Waals surface area contributed by atoms with E-state index in [1.807, 2.05) is 19.9 Å². The van der Waals surface area contributed by atoms with Gasteiger partial charge in [0.25, 0.3) is 5.91 Å². The number of nitrogens with zero attached hydrogens (tertiary/aromatic N) is 3. The summed E-state index contributed by atoms with van der Waals surface area (Å²) >= 11 is 0. The molecule has 152 valence electrons. The van der Waals surface area contributed by atoms with Crippen LogP contribution in [0.2, 0.25) is 0 Å².